The standard InChI is InChI=1S/C20H27N3O3/c1-26-13-8-21-20(25)15-23-11-9-22(10-12-23)14-18-17-5-3-2-4-16(17)6-7-19(18)24/h2-7,24H,8-15H2,1H3,(H,21,25). The average Bonchev–Trinajstić information content (AvgIpc) is 2.66. The first-order chi connectivity index (χ1) is 12.7. The summed E-state index contributed by atoms with van der Waals surface area (Å²) in [7, 11) is 1.62. The molecule has 1 amide bonds. The number of hydrogen-bond acceptors (Lipinski definition) is 5. The van der Waals surface area contributed by atoms with Gasteiger partial charge in [-0.05, 0) is 16.8 Å². The number of ether oxygens (including phenoxy) is 1. The molecule has 2 aromatic rings. The number of hydrogen-bond donors (Lipinski definition) is 2. The molecule has 0 aromatic heterocycles. The van der Waals surface area contributed by atoms with Crippen molar-refractivity contribution >= 4 is 16.7 Å². The minimum atomic E-state index is 0.0437. The molecule has 0 saturated carbocycles. The third-order valence-corrected chi connectivity index (χ3v) is 4.86. The van der Waals surface area contributed by atoms with Crippen LogP contribution in [0.25, 0.3) is 10.8 Å². The van der Waals surface area contributed by atoms with E-state index in [4.69, 9.17) is 4.74 Å². The molecule has 0 spiro atoms. The Labute approximate surface area is 154 Å². The zero-order valence-corrected chi connectivity index (χ0v) is 15.3. The quantitative estimate of drug-likeness (QED) is 0.734. The largest absolute Gasteiger partial charge is 0.508 e. The van der Waals surface area contributed by atoms with Gasteiger partial charge in [-0.15, -0.1) is 0 Å². The number of amides is 1. The van der Waals surface area contributed by atoms with Crippen LogP contribution in [0.5, 0.6) is 5.75 Å². The first kappa shape index (κ1) is 18.6. The lowest BCUT2D eigenvalue weighted by Gasteiger charge is -2.34. The van der Waals surface area contributed by atoms with Crippen molar-refractivity contribution in [1.29, 1.82) is 0 Å². The van der Waals surface area contributed by atoms with Crippen LogP contribution in [0.3, 0.4) is 0 Å². The number of carbonyl (C=O) groups excluding carboxylic acids is 1. The van der Waals surface area contributed by atoms with Gasteiger partial charge in [0.1, 0.15) is 5.75 Å². The first-order valence-electron chi connectivity index (χ1n) is 9.07. The number of nitrogens with one attached hydrogen (secondary N) is 1. The molecule has 1 heterocycles. The van der Waals surface area contributed by atoms with Gasteiger partial charge in [0.25, 0.3) is 0 Å². The fourth-order valence-electron chi connectivity index (χ4n) is 3.37. The summed E-state index contributed by atoms with van der Waals surface area (Å²) in [6, 6.07) is 11.9. The van der Waals surface area contributed by atoms with Gasteiger partial charge in [0.15, 0.2) is 0 Å². The molecule has 26 heavy (non-hydrogen) atoms. The van der Waals surface area contributed by atoms with Gasteiger partial charge in [0.2, 0.25) is 5.91 Å². The van der Waals surface area contributed by atoms with Crippen LogP contribution in [0, 0.1) is 0 Å². The number of nitrogens with zero attached hydrogens (tertiary/aromatic N) is 2. The Balaban J connectivity index is 1.53. The predicted molar refractivity (Wildman–Crippen MR) is 102 cm³/mol. The van der Waals surface area contributed by atoms with Crippen LogP contribution >= 0.6 is 0 Å². The molecule has 0 radical (unpaired) electrons. The molecule has 1 aliphatic heterocycles. The Kier molecular flexibility index (Phi) is 6.44. The van der Waals surface area contributed by atoms with Crippen molar-refractivity contribution in [3.8, 4) is 5.75 Å². The first-order valence-corrected chi connectivity index (χ1v) is 9.07. The van der Waals surface area contributed by atoms with E-state index in [2.05, 4.69) is 27.2 Å². The number of aromatic hydroxyl groups is 1. The van der Waals surface area contributed by atoms with E-state index in [1.54, 1.807) is 13.2 Å². The highest BCUT2D eigenvalue weighted by Gasteiger charge is 2.20. The summed E-state index contributed by atoms with van der Waals surface area (Å²) >= 11 is 0. The highest BCUT2D eigenvalue weighted by Crippen LogP contribution is 2.28. The molecule has 0 aliphatic carbocycles. The molecule has 0 atom stereocenters. The van der Waals surface area contributed by atoms with E-state index in [9.17, 15) is 9.90 Å². The Morgan fingerprint density at radius 1 is 1.12 bits per heavy atom. The molecular formula is C20H27N3O3. The molecule has 140 valence electrons. The molecule has 1 aliphatic rings. The molecule has 6 nitrogen and oxygen atoms in total. The van der Waals surface area contributed by atoms with Crippen molar-refractivity contribution in [2.24, 2.45) is 0 Å². The van der Waals surface area contributed by atoms with Gasteiger partial charge >= 0.3 is 0 Å². The minimum absolute atomic E-state index is 0.0437. The third-order valence-electron chi connectivity index (χ3n) is 4.86. The highest BCUT2D eigenvalue weighted by atomic mass is 16.5. The fraction of sp³-hybridized carbons (Fsp3) is 0.450. The van der Waals surface area contributed by atoms with Gasteiger partial charge in [-0.1, -0.05) is 30.3 Å². The second kappa shape index (κ2) is 8.98. The van der Waals surface area contributed by atoms with Crippen molar-refractivity contribution < 1.29 is 14.6 Å². The van der Waals surface area contributed by atoms with Crippen LogP contribution in [0.4, 0.5) is 0 Å². The smallest absolute Gasteiger partial charge is 0.234 e. The normalized spacial score (nSPS) is 16.0. The Morgan fingerprint density at radius 2 is 1.85 bits per heavy atom. The summed E-state index contributed by atoms with van der Waals surface area (Å²) in [5.41, 5.74) is 0.980. The fourth-order valence-corrected chi connectivity index (χ4v) is 3.37. The van der Waals surface area contributed by atoms with Crippen LogP contribution in [0.15, 0.2) is 36.4 Å². The van der Waals surface area contributed by atoms with Gasteiger partial charge < -0.3 is 15.2 Å². The number of fused-ring (bicyclic) bond motifs is 1. The molecule has 1 saturated heterocycles. The number of piperazine rings is 1. The van der Waals surface area contributed by atoms with Crippen LogP contribution in [-0.4, -0.2) is 73.8 Å². The topological polar surface area (TPSA) is 65.0 Å². The Hall–Kier alpha value is -2.15. The molecule has 3 rings (SSSR count). The van der Waals surface area contributed by atoms with Gasteiger partial charge in [-0.2, -0.15) is 0 Å². The second-order valence-electron chi connectivity index (χ2n) is 6.68. The molecule has 2 N–H and O–H groups in total. The number of benzene rings is 2. The van der Waals surface area contributed by atoms with Crippen molar-refractivity contribution in [2.75, 3.05) is 53.0 Å². The van der Waals surface area contributed by atoms with E-state index >= 15 is 0 Å². The van der Waals surface area contributed by atoms with Crippen LogP contribution < -0.4 is 5.32 Å². The average molecular weight is 357 g/mol. The molecule has 1 fully saturated rings. The third kappa shape index (κ3) is 4.72. The van der Waals surface area contributed by atoms with E-state index in [1.807, 2.05) is 18.2 Å². The van der Waals surface area contributed by atoms with Crippen LogP contribution in [0.2, 0.25) is 0 Å². The predicted octanol–water partition coefficient (Wildman–Crippen LogP) is 1.43. The van der Waals surface area contributed by atoms with Gasteiger partial charge in [0, 0.05) is 51.9 Å². The molecular weight excluding hydrogens is 330 g/mol. The maximum absolute atomic E-state index is 11.9. The van der Waals surface area contributed by atoms with E-state index < -0.39 is 0 Å². The van der Waals surface area contributed by atoms with Crippen LogP contribution in [-0.2, 0) is 16.1 Å². The van der Waals surface area contributed by atoms with Crippen molar-refractivity contribution in [3.05, 3.63) is 42.0 Å². The van der Waals surface area contributed by atoms with Crippen molar-refractivity contribution in [2.45, 2.75) is 6.54 Å². The number of phenolic OH excluding ortho intramolecular Hbond substituents is 1. The van der Waals surface area contributed by atoms with Crippen molar-refractivity contribution in [1.82, 2.24) is 15.1 Å². The van der Waals surface area contributed by atoms with Gasteiger partial charge in [0.05, 0.1) is 13.2 Å². The number of methoxy groups -OCH3 is 1. The Morgan fingerprint density at radius 3 is 2.62 bits per heavy atom. The van der Waals surface area contributed by atoms with Crippen LogP contribution in [0.1, 0.15) is 5.56 Å². The SMILES string of the molecule is COCCNC(=O)CN1CCN(Cc2c(O)ccc3ccccc23)CC1. The van der Waals surface area contributed by atoms with Gasteiger partial charge in [-0.3, -0.25) is 14.6 Å². The number of rotatable bonds is 7. The second-order valence-corrected chi connectivity index (χ2v) is 6.68. The number of carbonyl (C=O) groups is 1. The van der Waals surface area contributed by atoms with E-state index in [0.717, 1.165) is 49.1 Å². The monoisotopic (exact) mass is 357 g/mol. The Bertz CT molecular complexity index is 742. The van der Waals surface area contributed by atoms with Gasteiger partial charge in [-0.25, -0.2) is 0 Å². The summed E-state index contributed by atoms with van der Waals surface area (Å²) in [6.45, 7) is 5.70. The van der Waals surface area contributed by atoms with E-state index in [1.165, 1.54) is 0 Å². The molecule has 2 aromatic carbocycles. The summed E-state index contributed by atoms with van der Waals surface area (Å²) in [6.07, 6.45) is 0. The lowest BCUT2D eigenvalue weighted by molar-refractivity contribution is -0.122. The summed E-state index contributed by atoms with van der Waals surface area (Å²) in [4.78, 5) is 16.4. The number of phenols is 1. The zero-order valence-electron chi connectivity index (χ0n) is 15.3. The maximum Gasteiger partial charge on any atom is 0.234 e. The zero-order chi connectivity index (χ0) is 18.4. The molecule has 0 bridgehead atoms. The summed E-state index contributed by atoms with van der Waals surface area (Å²) < 4.78 is 4.94. The minimum Gasteiger partial charge on any atom is -0.508 e. The van der Waals surface area contributed by atoms with E-state index in [-0.39, 0.29) is 5.91 Å². The lowest BCUT2D eigenvalue weighted by atomic mass is 10.0. The molecule has 0 unspecified atom stereocenters. The lowest BCUT2D eigenvalue weighted by Crippen LogP contribution is -2.49. The summed E-state index contributed by atoms with van der Waals surface area (Å²) in [5, 5.41) is 15.4. The maximum atomic E-state index is 11.9. The van der Waals surface area contributed by atoms with E-state index in [0.29, 0.717) is 25.4 Å². The van der Waals surface area contributed by atoms with Crippen molar-refractivity contribution in [3.63, 3.8) is 0 Å². The summed E-state index contributed by atoms with van der Waals surface area (Å²) in [5.74, 6) is 0.394. The highest BCUT2D eigenvalue weighted by molar-refractivity contribution is 5.87. The molecule has 6 heteroatoms.